The number of methoxy groups -OCH3 is 1. The van der Waals surface area contributed by atoms with E-state index in [-0.39, 0.29) is 5.56 Å². The number of fused-ring (bicyclic) bond motifs is 1. The number of nitrogens with zero attached hydrogens (tertiary/aromatic N) is 3. The number of benzene rings is 2. The molecule has 1 heterocycles. The van der Waals surface area contributed by atoms with Gasteiger partial charge in [0, 0.05) is 20.9 Å². The van der Waals surface area contributed by atoms with Gasteiger partial charge < -0.3 is 9.47 Å². The van der Waals surface area contributed by atoms with Gasteiger partial charge in [-0.3, -0.25) is 4.79 Å². The van der Waals surface area contributed by atoms with E-state index in [0.29, 0.717) is 34.5 Å². The molecule has 9 heteroatoms. The minimum Gasteiger partial charge on any atom is -0.478 e. The zero-order chi connectivity index (χ0) is 22.5. The number of hydrogen-bond donors (Lipinski definition) is 0. The SMILES string of the molecule is CCCc1nc2ccc(Br)cc2c(=O)n1N=Cc1cc(Br)ccc1O[C@@H](C)C(=O)OC. The normalized spacial score (nSPS) is 12.3. The average Bonchev–Trinajstić information content (AvgIpc) is 2.75. The van der Waals surface area contributed by atoms with Gasteiger partial charge in [0.2, 0.25) is 0 Å². The molecule has 0 aliphatic rings. The van der Waals surface area contributed by atoms with Crippen molar-refractivity contribution in [3.05, 3.63) is 67.1 Å². The van der Waals surface area contributed by atoms with Crippen molar-refractivity contribution in [1.29, 1.82) is 0 Å². The Morgan fingerprint density at radius 3 is 2.65 bits per heavy atom. The second-order valence-electron chi connectivity index (χ2n) is 6.77. The maximum absolute atomic E-state index is 13.1. The van der Waals surface area contributed by atoms with Crippen molar-refractivity contribution in [1.82, 2.24) is 9.66 Å². The van der Waals surface area contributed by atoms with Crippen molar-refractivity contribution in [3.63, 3.8) is 0 Å². The molecule has 3 aromatic rings. The van der Waals surface area contributed by atoms with Crippen LogP contribution in [0.1, 0.15) is 31.7 Å². The Morgan fingerprint density at radius 1 is 1.23 bits per heavy atom. The topological polar surface area (TPSA) is 82.8 Å². The number of carbonyl (C=O) groups excluding carboxylic acids is 1. The predicted molar refractivity (Wildman–Crippen MR) is 127 cm³/mol. The zero-order valence-corrected chi connectivity index (χ0v) is 20.4. The highest BCUT2D eigenvalue weighted by Crippen LogP contribution is 2.23. The first kappa shape index (κ1) is 23.1. The van der Waals surface area contributed by atoms with Crippen molar-refractivity contribution >= 4 is 54.9 Å². The van der Waals surface area contributed by atoms with Gasteiger partial charge in [-0.25, -0.2) is 9.78 Å². The molecule has 162 valence electrons. The molecule has 3 rings (SSSR count). The van der Waals surface area contributed by atoms with Crippen LogP contribution >= 0.6 is 31.9 Å². The minimum atomic E-state index is -0.795. The van der Waals surface area contributed by atoms with Gasteiger partial charge in [0.05, 0.1) is 24.2 Å². The van der Waals surface area contributed by atoms with Crippen LogP contribution in [0, 0.1) is 0 Å². The first-order valence-electron chi connectivity index (χ1n) is 9.63. The number of halogens is 2. The standard InChI is InChI=1S/C22H21Br2N3O4/c1-4-5-20-26-18-8-6-16(24)11-17(18)21(28)27(20)25-12-14-10-15(23)7-9-19(14)31-13(2)22(29)30-3/h6-13H,4-5H2,1-3H3/t13-/m0/s1. The van der Waals surface area contributed by atoms with E-state index in [9.17, 15) is 9.59 Å². The van der Waals surface area contributed by atoms with E-state index in [1.165, 1.54) is 18.0 Å². The molecule has 0 saturated carbocycles. The summed E-state index contributed by atoms with van der Waals surface area (Å²) in [6.07, 6.45) is 2.14. The Morgan fingerprint density at radius 2 is 1.94 bits per heavy atom. The van der Waals surface area contributed by atoms with Crippen LogP contribution in [0.2, 0.25) is 0 Å². The van der Waals surface area contributed by atoms with Crippen LogP contribution in [0.15, 0.2) is 55.2 Å². The number of ether oxygens (including phenoxy) is 2. The molecule has 0 bridgehead atoms. The van der Waals surface area contributed by atoms with Gasteiger partial charge in [0.15, 0.2) is 6.10 Å². The van der Waals surface area contributed by atoms with E-state index >= 15 is 0 Å². The zero-order valence-electron chi connectivity index (χ0n) is 17.3. The summed E-state index contributed by atoms with van der Waals surface area (Å²) in [6, 6.07) is 10.7. The Bertz CT molecular complexity index is 1210. The van der Waals surface area contributed by atoms with E-state index in [1.807, 2.05) is 19.1 Å². The lowest BCUT2D eigenvalue weighted by Gasteiger charge is -2.14. The minimum absolute atomic E-state index is 0.258. The molecule has 0 spiro atoms. The summed E-state index contributed by atoms with van der Waals surface area (Å²) in [5.41, 5.74) is 0.960. The predicted octanol–water partition coefficient (Wildman–Crippen LogP) is 4.70. The van der Waals surface area contributed by atoms with Crippen LogP contribution in [0.25, 0.3) is 10.9 Å². The third kappa shape index (κ3) is 5.40. The fraction of sp³-hybridized carbons (Fsp3) is 0.273. The molecule has 7 nitrogen and oxygen atoms in total. The average molecular weight is 551 g/mol. The molecule has 0 saturated heterocycles. The summed E-state index contributed by atoms with van der Waals surface area (Å²) in [5.74, 6) is 0.516. The molecule has 0 aliphatic heterocycles. The smallest absolute Gasteiger partial charge is 0.346 e. The van der Waals surface area contributed by atoms with E-state index in [2.05, 4.69) is 41.9 Å². The molecule has 0 N–H and O–H groups in total. The van der Waals surface area contributed by atoms with Gasteiger partial charge in [-0.1, -0.05) is 38.8 Å². The van der Waals surface area contributed by atoms with Crippen LogP contribution in [-0.4, -0.2) is 35.1 Å². The van der Waals surface area contributed by atoms with Crippen LogP contribution in [0.5, 0.6) is 5.75 Å². The Kier molecular flexibility index (Phi) is 7.61. The van der Waals surface area contributed by atoms with Gasteiger partial charge in [-0.2, -0.15) is 9.78 Å². The lowest BCUT2D eigenvalue weighted by molar-refractivity contribution is -0.147. The molecular formula is C22H21Br2N3O4. The molecule has 2 aromatic carbocycles. The molecule has 0 radical (unpaired) electrons. The van der Waals surface area contributed by atoms with E-state index in [1.54, 1.807) is 31.2 Å². The Balaban J connectivity index is 2.08. The van der Waals surface area contributed by atoms with Crippen molar-refractivity contribution in [2.24, 2.45) is 5.10 Å². The third-order valence-electron chi connectivity index (χ3n) is 4.47. The fourth-order valence-electron chi connectivity index (χ4n) is 2.95. The van der Waals surface area contributed by atoms with Crippen LogP contribution in [0.3, 0.4) is 0 Å². The highest BCUT2D eigenvalue weighted by molar-refractivity contribution is 9.10. The van der Waals surface area contributed by atoms with E-state index in [4.69, 9.17) is 9.47 Å². The Labute approximate surface area is 196 Å². The summed E-state index contributed by atoms with van der Waals surface area (Å²) < 4.78 is 13.4. The van der Waals surface area contributed by atoms with Crippen molar-refractivity contribution in [2.75, 3.05) is 7.11 Å². The number of carbonyl (C=O) groups is 1. The van der Waals surface area contributed by atoms with E-state index < -0.39 is 12.1 Å². The van der Waals surface area contributed by atoms with Crippen LogP contribution < -0.4 is 10.3 Å². The number of aromatic nitrogens is 2. The van der Waals surface area contributed by atoms with Gasteiger partial charge in [-0.05, 0) is 49.7 Å². The summed E-state index contributed by atoms with van der Waals surface area (Å²) in [6.45, 7) is 3.62. The lowest BCUT2D eigenvalue weighted by Crippen LogP contribution is -2.25. The van der Waals surface area contributed by atoms with Crippen molar-refractivity contribution in [2.45, 2.75) is 32.8 Å². The third-order valence-corrected chi connectivity index (χ3v) is 5.46. The summed E-state index contributed by atoms with van der Waals surface area (Å²) >= 11 is 6.83. The summed E-state index contributed by atoms with van der Waals surface area (Å²) in [5, 5.41) is 4.90. The molecule has 0 fully saturated rings. The number of esters is 1. The Hall–Kier alpha value is -2.52. The molecule has 0 aliphatic carbocycles. The molecule has 0 amide bonds. The molecule has 31 heavy (non-hydrogen) atoms. The quantitative estimate of drug-likeness (QED) is 0.314. The van der Waals surface area contributed by atoms with Crippen molar-refractivity contribution < 1.29 is 14.3 Å². The van der Waals surface area contributed by atoms with Crippen LogP contribution in [-0.2, 0) is 16.0 Å². The maximum atomic E-state index is 13.1. The first-order chi connectivity index (χ1) is 14.8. The molecule has 1 aromatic heterocycles. The van der Waals surface area contributed by atoms with Gasteiger partial charge >= 0.3 is 5.97 Å². The summed E-state index contributed by atoms with van der Waals surface area (Å²) in [4.78, 5) is 29.5. The first-order valence-corrected chi connectivity index (χ1v) is 11.2. The van der Waals surface area contributed by atoms with Gasteiger partial charge in [-0.15, -0.1) is 0 Å². The fourth-order valence-corrected chi connectivity index (χ4v) is 3.69. The molecule has 0 unspecified atom stereocenters. The van der Waals surface area contributed by atoms with Gasteiger partial charge in [0.25, 0.3) is 5.56 Å². The number of rotatable bonds is 7. The number of aryl methyl sites for hydroxylation is 1. The maximum Gasteiger partial charge on any atom is 0.346 e. The van der Waals surface area contributed by atoms with Gasteiger partial charge in [0.1, 0.15) is 11.6 Å². The number of hydrogen-bond acceptors (Lipinski definition) is 6. The highest BCUT2D eigenvalue weighted by atomic mass is 79.9. The van der Waals surface area contributed by atoms with E-state index in [0.717, 1.165) is 15.4 Å². The summed E-state index contributed by atoms with van der Waals surface area (Å²) in [7, 11) is 1.30. The highest BCUT2D eigenvalue weighted by Gasteiger charge is 2.17. The molecule has 1 atom stereocenters. The van der Waals surface area contributed by atoms with Crippen molar-refractivity contribution in [3.8, 4) is 5.75 Å². The lowest BCUT2D eigenvalue weighted by atomic mass is 10.2. The largest absolute Gasteiger partial charge is 0.478 e. The molecular weight excluding hydrogens is 530 g/mol. The van der Waals surface area contributed by atoms with Crippen LogP contribution in [0.4, 0.5) is 0 Å². The second kappa shape index (κ2) is 10.2. The monoisotopic (exact) mass is 549 g/mol. The second-order valence-corrected chi connectivity index (χ2v) is 8.60.